The van der Waals surface area contributed by atoms with Gasteiger partial charge in [-0.05, 0) is 19.2 Å². The van der Waals surface area contributed by atoms with Crippen molar-refractivity contribution in [2.24, 2.45) is 0 Å². The van der Waals surface area contributed by atoms with Crippen LogP contribution >= 0.6 is 11.6 Å². The van der Waals surface area contributed by atoms with Crippen molar-refractivity contribution in [3.05, 3.63) is 28.5 Å². The van der Waals surface area contributed by atoms with E-state index in [9.17, 15) is 4.39 Å². The van der Waals surface area contributed by atoms with Gasteiger partial charge in [0.1, 0.15) is 11.6 Å². The van der Waals surface area contributed by atoms with Crippen LogP contribution in [0.4, 0.5) is 4.39 Å². The third kappa shape index (κ3) is 1.57. The van der Waals surface area contributed by atoms with E-state index in [1.54, 1.807) is 0 Å². The van der Waals surface area contributed by atoms with Gasteiger partial charge in [-0.3, -0.25) is 0 Å². The van der Waals surface area contributed by atoms with Crippen LogP contribution in [0.15, 0.2) is 12.1 Å². The fraction of sp³-hybridized carbons (Fsp3) is 0.400. The van der Waals surface area contributed by atoms with Crippen molar-refractivity contribution in [2.45, 2.75) is 12.5 Å². The molecule has 0 amide bonds. The minimum absolute atomic E-state index is 0.131. The van der Waals surface area contributed by atoms with Crippen LogP contribution in [0, 0.1) is 5.82 Å². The fourth-order valence-electron chi connectivity index (χ4n) is 1.73. The topological polar surface area (TPSA) is 21.3 Å². The van der Waals surface area contributed by atoms with Gasteiger partial charge in [0, 0.05) is 18.0 Å². The zero-order chi connectivity index (χ0) is 10.1. The van der Waals surface area contributed by atoms with Crippen LogP contribution in [0.25, 0.3) is 0 Å². The molecule has 2 nitrogen and oxygen atoms in total. The lowest BCUT2D eigenvalue weighted by molar-refractivity contribution is 0.257. The first-order valence-electron chi connectivity index (χ1n) is 4.51. The molecule has 1 unspecified atom stereocenters. The van der Waals surface area contributed by atoms with Gasteiger partial charge in [-0.15, -0.1) is 0 Å². The molecular formula is C10H11ClFNO. The largest absolute Gasteiger partial charge is 0.492 e. The smallest absolute Gasteiger partial charge is 0.142 e. The molecular weight excluding hydrogens is 205 g/mol. The van der Waals surface area contributed by atoms with E-state index >= 15 is 0 Å². The Morgan fingerprint density at radius 1 is 1.57 bits per heavy atom. The Morgan fingerprint density at radius 2 is 2.36 bits per heavy atom. The maximum Gasteiger partial charge on any atom is 0.142 e. The Bertz CT molecular complexity index is 356. The van der Waals surface area contributed by atoms with Crippen molar-refractivity contribution in [2.75, 3.05) is 13.7 Å². The van der Waals surface area contributed by atoms with Crippen LogP contribution in [0.1, 0.15) is 18.0 Å². The molecule has 0 fully saturated rings. The first-order valence-corrected chi connectivity index (χ1v) is 4.89. The summed E-state index contributed by atoms with van der Waals surface area (Å²) in [5.74, 6) is 0.290. The van der Waals surface area contributed by atoms with Gasteiger partial charge in [-0.1, -0.05) is 11.6 Å². The first kappa shape index (κ1) is 9.74. The summed E-state index contributed by atoms with van der Waals surface area (Å²) in [5.41, 5.74) is 0.809. The van der Waals surface area contributed by atoms with Crippen LogP contribution in [0.3, 0.4) is 0 Å². The predicted molar refractivity (Wildman–Crippen MR) is 53.3 cm³/mol. The minimum atomic E-state index is -0.320. The van der Waals surface area contributed by atoms with E-state index in [0.29, 0.717) is 17.4 Å². The summed E-state index contributed by atoms with van der Waals surface area (Å²) in [4.78, 5) is 0. The molecule has 1 aliphatic heterocycles. The zero-order valence-corrected chi connectivity index (χ0v) is 8.57. The Morgan fingerprint density at radius 3 is 3.07 bits per heavy atom. The van der Waals surface area contributed by atoms with Gasteiger partial charge < -0.3 is 10.1 Å². The number of benzene rings is 1. The van der Waals surface area contributed by atoms with E-state index < -0.39 is 0 Å². The number of halogens is 2. The number of ether oxygens (including phenoxy) is 1. The highest BCUT2D eigenvalue weighted by Crippen LogP contribution is 2.38. The summed E-state index contributed by atoms with van der Waals surface area (Å²) >= 11 is 5.88. The molecule has 0 saturated carbocycles. The normalized spacial score (nSPS) is 20.1. The number of nitrogens with one attached hydrogen (secondary N) is 1. The maximum absolute atomic E-state index is 13.1. The fourth-order valence-corrected chi connectivity index (χ4v) is 1.99. The third-order valence-corrected chi connectivity index (χ3v) is 2.69. The lowest BCUT2D eigenvalue weighted by Gasteiger charge is -2.26. The second-order valence-corrected chi connectivity index (χ2v) is 3.69. The van der Waals surface area contributed by atoms with E-state index in [-0.39, 0.29) is 11.9 Å². The highest BCUT2D eigenvalue weighted by Gasteiger charge is 2.23. The molecule has 1 N–H and O–H groups in total. The van der Waals surface area contributed by atoms with Crippen LogP contribution in [0.5, 0.6) is 5.75 Å². The zero-order valence-electron chi connectivity index (χ0n) is 7.81. The SMILES string of the molecule is CNC1CCOc2c(Cl)cc(F)cc21. The lowest BCUT2D eigenvalue weighted by Crippen LogP contribution is -2.24. The standard InChI is InChI=1S/C10H11ClFNO/c1-13-9-2-3-14-10-7(9)4-6(12)5-8(10)11/h4-5,9,13H,2-3H2,1H3. The Kier molecular flexibility index (Phi) is 2.61. The molecule has 0 bridgehead atoms. The highest BCUT2D eigenvalue weighted by molar-refractivity contribution is 6.32. The van der Waals surface area contributed by atoms with Gasteiger partial charge in [-0.2, -0.15) is 0 Å². The van der Waals surface area contributed by atoms with E-state index in [0.717, 1.165) is 12.0 Å². The monoisotopic (exact) mass is 215 g/mol. The Balaban J connectivity index is 2.51. The average molecular weight is 216 g/mol. The third-order valence-electron chi connectivity index (χ3n) is 2.41. The molecule has 1 aromatic carbocycles. The second-order valence-electron chi connectivity index (χ2n) is 3.28. The highest BCUT2D eigenvalue weighted by atomic mass is 35.5. The van der Waals surface area contributed by atoms with Gasteiger partial charge in [0.05, 0.1) is 11.6 Å². The summed E-state index contributed by atoms with van der Waals surface area (Å²) < 4.78 is 18.5. The molecule has 0 aliphatic carbocycles. The van der Waals surface area contributed by atoms with Crippen molar-refractivity contribution >= 4 is 11.6 Å². The molecule has 1 aromatic rings. The van der Waals surface area contributed by atoms with E-state index in [1.165, 1.54) is 12.1 Å². The van der Waals surface area contributed by atoms with Crippen molar-refractivity contribution in [3.8, 4) is 5.75 Å². The van der Waals surface area contributed by atoms with Gasteiger partial charge in [0.25, 0.3) is 0 Å². The molecule has 0 radical (unpaired) electrons. The molecule has 1 aliphatic rings. The van der Waals surface area contributed by atoms with E-state index in [4.69, 9.17) is 16.3 Å². The summed E-state index contributed by atoms with van der Waals surface area (Å²) in [6.45, 7) is 0.615. The van der Waals surface area contributed by atoms with Crippen LogP contribution in [-0.2, 0) is 0 Å². The Hall–Kier alpha value is -0.800. The molecule has 2 rings (SSSR count). The average Bonchev–Trinajstić information content (AvgIpc) is 2.17. The molecule has 0 aromatic heterocycles. The quantitative estimate of drug-likeness (QED) is 0.778. The summed E-state index contributed by atoms with van der Waals surface area (Å²) in [6, 6.07) is 2.88. The summed E-state index contributed by atoms with van der Waals surface area (Å²) in [6.07, 6.45) is 0.837. The molecule has 76 valence electrons. The van der Waals surface area contributed by atoms with Gasteiger partial charge >= 0.3 is 0 Å². The number of hydrogen-bond acceptors (Lipinski definition) is 2. The van der Waals surface area contributed by atoms with Gasteiger partial charge in [0.2, 0.25) is 0 Å². The molecule has 14 heavy (non-hydrogen) atoms. The molecule has 4 heteroatoms. The van der Waals surface area contributed by atoms with Crippen molar-refractivity contribution in [1.29, 1.82) is 0 Å². The number of rotatable bonds is 1. The second kappa shape index (κ2) is 3.75. The number of fused-ring (bicyclic) bond motifs is 1. The van der Waals surface area contributed by atoms with Crippen molar-refractivity contribution in [1.82, 2.24) is 5.32 Å². The van der Waals surface area contributed by atoms with Gasteiger partial charge in [-0.25, -0.2) is 4.39 Å². The van der Waals surface area contributed by atoms with E-state index in [1.807, 2.05) is 7.05 Å². The summed E-state index contributed by atoms with van der Waals surface area (Å²) in [5, 5.41) is 3.46. The van der Waals surface area contributed by atoms with Gasteiger partial charge in [0.15, 0.2) is 0 Å². The molecule has 0 saturated heterocycles. The first-order chi connectivity index (χ1) is 6.72. The Labute approximate surface area is 87.0 Å². The van der Waals surface area contributed by atoms with Crippen LogP contribution in [-0.4, -0.2) is 13.7 Å². The molecule has 1 atom stereocenters. The summed E-state index contributed by atoms with van der Waals surface area (Å²) in [7, 11) is 1.85. The minimum Gasteiger partial charge on any atom is -0.492 e. The lowest BCUT2D eigenvalue weighted by atomic mass is 10.0. The maximum atomic E-state index is 13.1. The molecule has 1 heterocycles. The number of hydrogen-bond donors (Lipinski definition) is 1. The predicted octanol–water partition coefficient (Wildman–Crippen LogP) is 2.52. The van der Waals surface area contributed by atoms with Crippen molar-refractivity contribution in [3.63, 3.8) is 0 Å². The van der Waals surface area contributed by atoms with Crippen molar-refractivity contribution < 1.29 is 9.13 Å². The van der Waals surface area contributed by atoms with Crippen LogP contribution < -0.4 is 10.1 Å². The van der Waals surface area contributed by atoms with Crippen LogP contribution in [0.2, 0.25) is 5.02 Å². The van der Waals surface area contributed by atoms with E-state index in [2.05, 4.69) is 5.32 Å². The molecule has 0 spiro atoms.